The highest BCUT2D eigenvalue weighted by molar-refractivity contribution is 7.85. The lowest BCUT2D eigenvalue weighted by Gasteiger charge is -2.24. The maximum atomic E-state index is 12.5. The van der Waals surface area contributed by atoms with Crippen molar-refractivity contribution in [2.45, 2.75) is 44.1 Å². The molecule has 0 aliphatic heterocycles. The smallest absolute Gasteiger partial charge is 0.307 e. The molecule has 0 aromatic heterocycles. The standard InChI is InChI=1S/C19H25NO4S/c1-19(2,3)25(24)12-13-7-6-8-14(11-13)20-17(21)15-9-4-5-10-16(15)18(22)23/h4-8,11,15-16H,9-10,12H2,1-3H3,(H,20,21)(H,22,23)/t15-,16+,25+/m1/s1. The maximum absolute atomic E-state index is 12.5. The lowest BCUT2D eigenvalue weighted by atomic mass is 9.82. The summed E-state index contributed by atoms with van der Waals surface area (Å²) in [4.78, 5) is 23.9. The molecular weight excluding hydrogens is 338 g/mol. The van der Waals surface area contributed by atoms with Gasteiger partial charge in [0.25, 0.3) is 0 Å². The van der Waals surface area contributed by atoms with Crippen molar-refractivity contribution in [2.24, 2.45) is 11.8 Å². The number of benzene rings is 1. The monoisotopic (exact) mass is 363 g/mol. The molecule has 0 saturated heterocycles. The van der Waals surface area contributed by atoms with Gasteiger partial charge in [0.1, 0.15) is 0 Å². The van der Waals surface area contributed by atoms with Crippen molar-refractivity contribution in [3.8, 4) is 0 Å². The third-order valence-electron chi connectivity index (χ3n) is 4.26. The van der Waals surface area contributed by atoms with Gasteiger partial charge < -0.3 is 10.4 Å². The zero-order valence-electron chi connectivity index (χ0n) is 14.8. The minimum absolute atomic E-state index is 0.286. The van der Waals surface area contributed by atoms with Gasteiger partial charge in [0.2, 0.25) is 5.91 Å². The fraction of sp³-hybridized carbons (Fsp3) is 0.474. The van der Waals surface area contributed by atoms with Crippen LogP contribution < -0.4 is 5.32 Å². The Bertz CT molecular complexity index is 706. The maximum Gasteiger partial charge on any atom is 0.307 e. The van der Waals surface area contributed by atoms with Gasteiger partial charge in [-0.25, -0.2) is 0 Å². The molecule has 0 unspecified atom stereocenters. The summed E-state index contributed by atoms with van der Waals surface area (Å²) < 4.78 is 12.0. The Kier molecular flexibility index (Phi) is 6.16. The van der Waals surface area contributed by atoms with Gasteiger partial charge in [0, 0.05) is 27.0 Å². The number of aliphatic carboxylic acids is 1. The van der Waals surface area contributed by atoms with Crippen LogP contribution in [-0.4, -0.2) is 25.9 Å². The minimum atomic E-state index is -1.03. The van der Waals surface area contributed by atoms with Crippen molar-refractivity contribution >= 4 is 28.4 Å². The fourth-order valence-electron chi connectivity index (χ4n) is 2.72. The molecule has 3 atom stereocenters. The van der Waals surface area contributed by atoms with Crippen LogP contribution in [0.2, 0.25) is 0 Å². The summed E-state index contributed by atoms with van der Waals surface area (Å²) in [7, 11) is -1.03. The summed E-state index contributed by atoms with van der Waals surface area (Å²) in [5.41, 5.74) is 1.48. The molecule has 1 aliphatic carbocycles. The molecule has 0 spiro atoms. The quantitative estimate of drug-likeness (QED) is 0.786. The Morgan fingerprint density at radius 1 is 1.20 bits per heavy atom. The van der Waals surface area contributed by atoms with Crippen molar-refractivity contribution in [1.82, 2.24) is 0 Å². The number of hydrogen-bond acceptors (Lipinski definition) is 3. The first-order valence-corrected chi connectivity index (χ1v) is 9.66. The Morgan fingerprint density at radius 3 is 2.44 bits per heavy atom. The van der Waals surface area contributed by atoms with Crippen molar-refractivity contribution in [1.29, 1.82) is 0 Å². The van der Waals surface area contributed by atoms with Gasteiger partial charge in [-0.05, 0) is 51.3 Å². The molecular formula is C19H25NO4S. The number of carbonyl (C=O) groups is 2. The van der Waals surface area contributed by atoms with Gasteiger partial charge in [0.05, 0.1) is 11.8 Å². The van der Waals surface area contributed by atoms with Gasteiger partial charge in [-0.3, -0.25) is 13.8 Å². The van der Waals surface area contributed by atoms with Crippen molar-refractivity contribution < 1.29 is 18.9 Å². The highest BCUT2D eigenvalue weighted by Crippen LogP contribution is 2.27. The van der Waals surface area contributed by atoms with Crippen molar-refractivity contribution in [2.75, 3.05) is 5.32 Å². The predicted molar refractivity (Wildman–Crippen MR) is 99.7 cm³/mol. The molecule has 0 heterocycles. The lowest BCUT2D eigenvalue weighted by molar-refractivity contribution is -0.146. The van der Waals surface area contributed by atoms with Crippen LogP contribution in [0.1, 0.15) is 39.2 Å². The van der Waals surface area contributed by atoms with E-state index < -0.39 is 28.6 Å². The van der Waals surface area contributed by atoms with Crippen LogP contribution >= 0.6 is 0 Å². The number of anilines is 1. The Morgan fingerprint density at radius 2 is 1.84 bits per heavy atom. The van der Waals surface area contributed by atoms with Crippen LogP contribution in [0.15, 0.2) is 36.4 Å². The van der Waals surface area contributed by atoms with Crippen LogP contribution in [0.3, 0.4) is 0 Å². The Hall–Kier alpha value is -1.95. The average molecular weight is 363 g/mol. The number of carbonyl (C=O) groups excluding carboxylic acids is 1. The van der Waals surface area contributed by atoms with Crippen LogP contribution in [0.25, 0.3) is 0 Å². The van der Waals surface area contributed by atoms with Gasteiger partial charge in [-0.15, -0.1) is 0 Å². The first-order chi connectivity index (χ1) is 11.7. The van der Waals surface area contributed by atoms with Crippen molar-refractivity contribution in [3.63, 3.8) is 0 Å². The Labute approximate surface area is 151 Å². The largest absolute Gasteiger partial charge is 0.481 e. The SMILES string of the molecule is CC(C)(C)[S@@](=O)Cc1cccc(NC(=O)[C@@H]2CC=CC[C@@H]2C(=O)O)c1. The molecule has 2 rings (SSSR count). The molecule has 0 bridgehead atoms. The molecule has 25 heavy (non-hydrogen) atoms. The second kappa shape index (κ2) is 7.95. The number of rotatable bonds is 5. The third kappa shape index (κ3) is 5.26. The van der Waals surface area contributed by atoms with E-state index >= 15 is 0 Å². The molecule has 0 radical (unpaired) electrons. The normalized spacial score (nSPS) is 21.6. The first-order valence-electron chi connectivity index (χ1n) is 8.34. The number of allylic oxidation sites excluding steroid dienone is 2. The van der Waals surface area contributed by atoms with Crippen LogP contribution in [0, 0.1) is 11.8 Å². The highest BCUT2D eigenvalue weighted by atomic mass is 32.2. The molecule has 0 fully saturated rings. The molecule has 1 amide bonds. The van der Waals surface area contributed by atoms with E-state index in [2.05, 4.69) is 5.32 Å². The topological polar surface area (TPSA) is 83.5 Å². The van der Waals surface area contributed by atoms with Gasteiger partial charge in [-0.2, -0.15) is 0 Å². The van der Waals surface area contributed by atoms with Crippen LogP contribution in [-0.2, 0) is 26.1 Å². The molecule has 6 heteroatoms. The van der Waals surface area contributed by atoms with E-state index in [4.69, 9.17) is 0 Å². The molecule has 1 aliphatic rings. The summed E-state index contributed by atoms with van der Waals surface area (Å²) >= 11 is 0. The summed E-state index contributed by atoms with van der Waals surface area (Å²) in [6, 6.07) is 7.24. The summed E-state index contributed by atoms with van der Waals surface area (Å²) in [6.07, 6.45) is 4.46. The van der Waals surface area contributed by atoms with E-state index in [9.17, 15) is 18.9 Å². The second-order valence-electron chi connectivity index (χ2n) is 7.29. The van der Waals surface area contributed by atoms with Gasteiger partial charge in [-0.1, -0.05) is 24.3 Å². The molecule has 1 aromatic rings. The predicted octanol–water partition coefficient (Wildman–Crippen LogP) is 3.34. The molecule has 1 aromatic carbocycles. The number of carboxylic acids is 1. The molecule has 5 nitrogen and oxygen atoms in total. The highest BCUT2D eigenvalue weighted by Gasteiger charge is 2.34. The van der Waals surface area contributed by atoms with E-state index in [1.54, 1.807) is 18.2 Å². The number of nitrogens with one attached hydrogen (secondary N) is 1. The number of amides is 1. The molecule has 0 saturated carbocycles. The molecule has 136 valence electrons. The van der Waals surface area contributed by atoms with E-state index in [-0.39, 0.29) is 10.7 Å². The fourth-order valence-corrected chi connectivity index (χ4v) is 3.63. The molecule has 2 N–H and O–H groups in total. The van der Waals surface area contributed by atoms with Crippen LogP contribution in [0.5, 0.6) is 0 Å². The summed E-state index contributed by atoms with van der Waals surface area (Å²) in [5, 5.41) is 12.1. The van der Waals surface area contributed by atoms with E-state index in [0.29, 0.717) is 24.3 Å². The van der Waals surface area contributed by atoms with Crippen LogP contribution in [0.4, 0.5) is 5.69 Å². The number of hydrogen-bond donors (Lipinski definition) is 2. The first kappa shape index (κ1) is 19.4. The second-order valence-corrected chi connectivity index (χ2v) is 9.49. The third-order valence-corrected chi connectivity index (χ3v) is 6.22. The van der Waals surface area contributed by atoms with Gasteiger partial charge in [0.15, 0.2) is 0 Å². The van der Waals surface area contributed by atoms with Gasteiger partial charge >= 0.3 is 5.97 Å². The minimum Gasteiger partial charge on any atom is -0.481 e. The van der Waals surface area contributed by atoms with E-state index in [1.807, 2.05) is 39.0 Å². The Balaban J connectivity index is 2.08. The summed E-state index contributed by atoms with van der Waals surface area (Å²) in [5.74, 6) is -2.09. The zero-order valence-corrected chi connectivity index (χ0v) is 15.6. The zero-order chi connectivity index (χ0) is 18.6. The van der Waals surface area contributed by atoms with Crippen molar-refractivity contribution in [3.05, 3.63) is 42.0 Å². The van der Waals surface area contributed by atoms with E-state index in [0.717, 1.165) is 5.56 Å². The summed E-state index contributed by atoms with van der Waals surface area (Å²) in [6.45, 7) is 5.78. The van der Waals surface area contributed by atoms with E-state index in [1.165, 1.54) is 0 Å². The average Bonchev–Trinajstić information content (AvgIpc) is 2.54. The number of carboxylic acid groups (broad SMARTS) is 1. The lowest BCUT2D eigenvalue weighted by Crippen LogP contribution is -2.34.